The fraction of sp³-hybridized carbons (Fsp3) is 0.286. The molecule has 2 N–H and O–H groups in total. The fourth-order valence-electron chi connectivity index (χ4n) is 1.87. The van der Waals surface area contributed by atoms with Gasteiger partial charge < -0.3 is 10.2 Å². The average Bonchev–Trinajstić information content (AvgIpc) is 2.62. The molecule has 0 fully saturated rings. The lowest BCUT2D eigenvalue weighted by Gasteiger charge is -2.13. The van der Waals surface area contributed by atoms with Gasteiger partial charge in [-0.2, -0.15) is 0 Å². The van der Waals surface area contributed by atoms with Gasteiger partial charge in [-0.1, -0.05) is 28.1 Å². The highest BCUT2D eigenvalue weighted by molar-refractivity contribution is 9.10. The third-order valence-electron chi connectivity index (χ3n) is 3.14. The maximum Gasteiger partial charge on any atom is 0.125 e. The summed E-state index contributed by atoms with van der Waals surface area (Å²) in [7, 11) is 0. The number of aryl methyl sites for hydroxylation is 2. The first-order chi connectivity index (χ1) is 8.00. The normalized spacial score (nSPS) is 12.8. The Morgan fingerprint density at radius 2 is 1.94 bits per heavy atom. The molecule has 0 aliphatic carbocycles. The van der Waals surface area contributed by atoms with Gasteiger partial charge in [-0.3, -0.25) is 0 Å². The highest BCUT2D eigenvalue weighted by atomic mass is 79.9. The molecular weight excluding hydrogens is 278 g/mol. The first-order valence-electron chi connectivity index (χ1n) is 5.58. The van der Waals surface area contributed by atoms with Crippen LogP contribution in [0, 0.1) is 20.8 Å². The molecule has 90 valence electrons. The number of rotatable bonds is 2. The van der Waals surface area contributed by atoms with Gasteiger partial charge in [-0.05, 0) is 49.6 Å². The molecule has 0 spiro atoms. The molecule has 0 amide bonds. The van der Waals surface area contributed by atoms with Crippen LogP contribution in [0.25, 0.3) is 0 Å². The average molecular weight is 294 g/mol. The lowest BCUT2D eigenvalue weighted by atomic mass is 10.00. The van der Waals surface area contributed by atoms with Crippen molar-refractivity contribution in [1.29, 1.82) is 0 Å². The van der Waals surface area contributed by atoms with Gasteiger partial charge in [0, 0.05) is 4.47 Å². The topological polar surface area (TPSA) is 39.2 Å². The zero-order chi connectivity index (χ0) is 12.6. The number of hydrogen-bond acceptors (Lipinski definition) is 2. The Kier molecular flexibility index (Phi) is 3.40. The lowest BCUT2D eigenvalue weighted by Crippen LogP contribution is -2.12. The highest BCUT2D eigenvalue weighted by Crippen LogP contribution is 2.29. The van der Waals surface area contributed by atoms with Crippen molar-refractivity contribution in [3.05, 3.63) is 56.9 Å². The summed E-state index contributed by atoms with van der Waals surface area (Å²) in [5.41, 5.74) is 9.65. The second kappa shape index (κ2) is 4.67. The summed E-state index contributed by atoms with van der Waals surface area (Å²) in [4.78, 5) is 0. The number of nitrogens with two attached hydrogens (primary N) is 1. The van der Waals surface area contributed by atoms with Crippen molar-refractivity contribution < 1.29 is 4.42 Å². The minimum atomic E-state index is -0.208. The van der Waals surface area contributed by atoms with E-state index in [0.29, 0.717) is 0 Å². The van der Waals surface area contributed by atoms with Gasteiger partial charge >= 0.3 is 0 Å². The molecule has 17 heavy (non-hydrogen) atoms. The molecule has 1 unspecified atom stereocenters. The maximum atomic E-state index is 6.25. The first kappa shape index (κ1) is 12.4. The third kappa shape index (κ3) is 2.31. The van der Waals surface area contributed by atoms with Gasteiger partial charge in [0.1, 0.15) is 11.5 Å². The van der Waals surface area contributed by atoms with Crippen LogP contribution >= 0.6 is 15.9 Å². The van der Waals surface area contributed by atoms with E-state index in [1.165, 1.54) is 0 Å². The van der Waals surface area contributed by atoms with Gasteiger partial charge in [0.05, 0.1) is 6.04 Å². The summed E-state index contributed by atoms with van der Waals surface area (Å²) < 4.78 is 6.76. The lowest BCUT2D eigenvalue weighted by molar-refractivity contribution is 0.464. The molecule has 2 rings (SSSR count). The van der Waals surface area contributed by atoms with Crippen molar-refractivity contribution in [2.45, 2.75) is 26.8 Å². The van der Waals surface area contributed by atoms with E-state index in [9.17, 15) is 0 Å². The van der Waals surface area contributed by atoms with E-state index in [2.05, 4.69) is 22.9 Å². The molecular formula is C14H16BrNO. The summed E-state index contributed by atoms with van der Waals surface area (Å²) in [5, 5.41) is 0. The van der Waals surface area contributed by atoms with Crippen LogP contribution in [0.1, 0.15) is 34.3 Å². The molecule has 0 aliphatic heterocycles. The summed E-state index contributed by atoms with van der Waals surface area (Å²) >= 11 is 3.52. The number of benzene rings is 1. The summed E-state index contributed by atoms with van der Waals surface area (Å²) in [6.07, 6.45) is 0. The molecule has 0 bridgehead atoms. The molecule has 0 radical (unpaired) electrons. The van der Waals surface area contributed by atoms with E-state index in [0.717, 1.165) is 32.7 Å². The van der Waals surface area contributed by atoms with Crippen LogP contribution in [0.4, 0.5) is 0 Å². The van der Waals surface area contributed by atoms with Gasteiger partial charge in [0.15, 0.2) is 0 Å². The quantitative estimate of drug-likeness (QED) is 0.908. The third-order valence-corrected chi connectivity index (χ3v) is 4.00. The van der Waals surface area contributed by atoms with Crippen LogP contribution in [0.5, 0.6) is 0 Å². The zero-order valence-corrected chi connectivity index (χ0v) is 11.8. The largest absolute Gasteiger partial charge is 0.464 e. The Morgan fingerprint density at radius 1 is 1.24 bits per heavy atom. The highest BCUT2D eigenvalue weighted by Gasteiger charge is 2.17. The van der Waals surface area contributed by atoms with Gasteiger partial charge in [-0.15, -0.1) is 0 Å². The predicted octanol–water partition coefficient (Wildman–Crippen LogP) is 4.02. The minimum absolute atomic E-state index is 0.208. The van der Waals surface area contributed by atoms with Crippen LogP contribution < -0.4 is 5.73 Å². The molecule has 1 aromatic carbocycles. The van der Waals surface area contributed by atoms with Crippen molar-refractivity contribution >= 4 is 15.9 Å². The fourth-order valence-corrected chi connectivity index (χ4v) is 2.25. The Bertz CT molecular complexity index is 526. The number of hydrogen-bond donors (Lipinski definition) is 1. The standard InChI is InChI=1S/C14H16BrNO/c1-8-7-13(17-10(8)3)14(16)11-5-4-6-12(15)9(11)2/h4-7,14H,16H2,1-3H3. The molecule has 0 aliphatic rings. The second-order valence-electron chi connectivity index (χ2n) is 4.32. The molecule has 2 nitrogen and oxygen atoms in total. The van der Waals surface area contributed by atoms with Crippen molar-refractivity contribution in [2.75, 3.05) is 0 Å². The maximum absolute atomic E-state index is 6.25. The number of halogens is 1. The van der Waals surface area contributed by atoms with Crippen molar-refractivity contribution in [1.82, 2.24) is 0 Å². The number of furan rings is 1. The Morgan fingerprint density at radius 3 is 2.53 bits per heavy atom. The molecule has 1 heterocycles. The van der Waals surface area contributed by atoms with E-state index >= 15 is 0 Å². The van der Waals surface area contributed by atoms with E-state index < -0.39 is 0 Å². The Hall–Kier alpha value is -1.06. The first-order valence-corrected chi connectivity index (χ1v) is 6.37. The molecule has 0 saturated carbocycles. The summed E-state index contributed by atoms with van der Waals surface area (Å²) in [5.74, 6) is 1.75. The van der Waals surface area contributed by atoms with Crippen LogP contribution in [0.2, 0.25) is 0 Å². The van der Waals surface area contributed by atoms with Gasteiger partial charge in [-0.25, -0.2) is 0 Å². The predicted molar refractivity (Wildman–Crippen MR) is 73.1 cm³/mol. The van der Waals surface area contributed by atoms with E-state index in [1.54, 1.807) is 0 Å². The van der Waals surface area contributed by atoms with Crippen molar-refractivity contribution in [2.24, 2.45) is 5.73 Å². The Balaban J connectivity index is 2.43. The van der Waals surface area contributed by atoms with E-state index in [4.69, 9.17) is 10.2 Å². The minimum Gasteiger partial charge on any atom is -0.464 e. The second-order valence-corrected chi connectivity index (χ2v) is 5.17. The molecule has 1 atom stereocenters. The molecule has 1 aromatic heterocycles. The molecule has 2 aromatic rings. The molecule has 3 heteroatoms. The van der Waals surface area contributed by atoms with Crippen molar-refractivity contribution in [3.8, 4) is 0 Å². The van der Waals surface area contributed by atoms with E-state index in [-0.39, 0.29) is 6.04 Å². The summed E-state index contributed by atoms with van der Waals surface area (Å²) in [6, 6.07) is 7.86. The van der Waals surface area contributed by atoms with Crippen LogP contribution in [0.15, 0.2) is 33.2 Å². The smallest absolute Gasteiger partial charge is 0.125 e. The van der Waals surface area contributed by atoms with Gasteiger partial charge in [0.2, 0.25) is 0 Å². The summed E-state index contributed by atoms with van der Waals surface area (Å²) in [6.45, 7) is 6.05. The van der Waals surface area contributed by atoms with Crippen LogP contribution in [0.3, 0.4) is 0 Å². The zero-order valence-electron chi connectivity index (χ0n) is 10.3. The van der Waals surface area contributed by atoms with Gasteiger partial charge in [0.25, 0.3) is 0 Å². The van der Waals surface area contributed by atoms with Crippen molar-refractivity contribution in [3.63, 3.8) is 0 Å². The van der Waals surface area contributed by atoms with E-state index in [1.807, 2.05) is 38.1 Å². The van der Waals surface area contributed by atoms with Crippen LogP contribution in [-0.4, -0.2) is 0 Å². The molecule has 0 saturated heterocycles. The monoisotopic (exact) mass is 293 g/mol. The van der Waals surface area contributed by atoms with Crippen LogP contribution in [-0.2, 0) is 0 Å². The Labute approximate surface area is 110 Å². The SMILES string of the molecule is Cc1cc(C(N)c2cccc(Br)c2C)oc1C.